The lowest BCUT2D eigenvalue weighted by Crippen LogP contribution is -2.43. The molecule has 0 aromatic heterocycles. The fraction of sp³-hybridized carbons (Fsp3) is 0.462. The maximum atomic E-state index is 12.1. The molecule has 0 saturated carbocycles. The number of carbonyl (C=O) groups is 1. The minimum Gasteiger partial charge on any atom is -0.352 e. The van der Waals surface area contributed by atoms with Crippen LogP contribution in [0.2, 0.25) is 0 Å². The van der Waals surface area contributed by atoms with E-state index in [0.29, 0.717) is 5.56 Å². The van der Waals surface area contributed by atoms with Crippen LogP contribution in [-0.4, -0.2) is 26.1 Å². The van der Waals surface area contributed by atoms with Gasteiger partial charge in [0, 0.05) is 6.04 Å². The maximum absolute atomic E-state index is 12.1. The Morgan fingerprint density at radius 3 is 2.26 bits per heavy atom. The lowest BCUT2D eigenvalue weighted by Gasteiger charge is -2.19. The van der Waals surface area contributed by atoms with Gasteiger partial charge in [-0.05, 0) is 26.3 Å². The number of carbonyl (C=O) groups excluding carboxylic acids is 1. The lowest BCUT2D eigenvalue weighted by molar-refractivity contribution is -0.123. The third-order valence-corrected chi connectivity index (χ3v) is 3.86. The van der Waals surface area contributed by atoms with Crippen LogP contribution in [-0.2, 0) is 14.8 Å². The van der Waals surface area contributed by atoms with Crippen LogP contribution in [0.25, 0.3) is 0 Å². The van der Waals surface area contributed by atoms with Gasteiger partial charge < -0.3 is 5.32 Å². The second kappa shape index (κ2) is 6.68. The third kappa shape index (κ3) is 5.00. The summed E-state index contributed by atoms with van der Waals surface area (Å²) in [6, 6.07) is 7.86. The molecular weight excluding hydrogens is 264 g/mol. The Balaban J connectivity index is 3.02. The molecule has 1 atom stereocenters. The Labute approximate surface area is 114 Å². The summed E-state index contributed by atoms with van der Waals surface area (Å²) in [5.41, 5.74) is 0.623. The van der Waals surface area contributed by atoms with Crippen LogP contribution in [0.3, 0.4) is 0 Å². The van der Waals surface area contributed by atoms with E-state index >= 15 is 0 Å². The van der Waals surface area contributed by atoms with Crippen molar-refractivity contribution in [1.29, 1.82) is 0 Å². The summed E-state index contributed by atoms with van der Waals surface area (Å²) in [5, 5.41) is 2.72. The number of hydrogen-bond donors (Lipinski definition) is 2. The molecule has 0 aliphatic carbocycles. The molecule has 1 aromatic rings. The van der Waals surface area contributed by atoms with Crippen molar-refractivity contribution in [3.8, 4) is 0 Å². The number of nitrogens with one attached hydrogen (secondary N) is 2. The molecule has 0 aliphatic rings. The first-order valence-electron chi connectivity index (χ1n) is 6.21. The van der Waals surface area contributed by atoms with Crippen LogP contribution in [0.15, 0.2) is 30.3 Å². The molecule has 0 unspecified atom stereocenters. The van der Waals surface area contributed by atoms with Crippen molar-refractivity contribution in [3.05, 3.63) is 35.9 Å². The number of amides is 1. The van der Waals surface area contributed by atoms with Crippen molar-refractivity contribution in [3.63, 3.8) is 0 Å². The van der Waals surface area contributed by atoms with Gasteiger partial charge in [0.25, 0.3) is 0 Å². The predicted octanol–water partition coefficient (Wildman–Crippen LogP) is 1.19. The first kappa shape index (κ1) is 15.7. The van der Waals surface area contributed by atoms with Gasteiger partial charge in [-0.2, -0.15) is 4.72 Å². The predicted molar refractivity (Wildman–Crippen MR) is 75.1 cm³/mol. The molecule has 6 heteroatoms. The molecule has 1 amide bonds. The summed E-state index contributed by atoms with van der Waals surface area (Å²) in [6.45, 7) is 5.19. The van der Waals surface area contributed by atoms with Gasteiger partial charge in [-0.3, -0.25) is 4.79 Å². The van der Waals surface area contributed by atoms with Crippen LogP contribution >= 0.6 is 0 Å². The Kier molecular flexibility index (Phi) is 5.50. The first-order valence-corrected chi connectivity index (χ1v) is 7.86. The average molecular weight is 284 g/mol. The van der Waals surface area contributed by atoms with Crippen molar-refractivity contribution < 1.29 is 13.2 Å². The Morgan fingerprint density at radius 2 is 1.79 bits per heavy atom. The topological polar surface area (TPSA) is 75.3 Å². The molecule has 19 heavy (non-hydrogen) atoms. The molecule has 0 heterocycles. The normalized spacial score (nSPS) is 13.3. The van der Waals surface area contributed by atoms with E-state index in [1.54, 1.807) is 24.3 Å². The minimum absolute atomic E-state index is 0.0511. The van der Waals surface area contributed by atoms with E-state index in [1.165, 1.54) is 6.92 Å². The van der Waals surface area contributed by atoms with E-state index in [2.05, 4.69) is 10.0 Å². The zero-order valence-corrected chi connectivity index (χ0v) is 12.2. The maximum Gasteiger partial charge on any atom is 0.242 e. The SMILES string of the molecule is CCS(=O)(=O)N[C@H](C(=O)NC(C)C)c1ccccc1. The van der Waals surface area contributed by atoms with Crippen molar-refractivity contribution in [2.45, 2.75) is 32.9 Å². The highest BCUT2D eigenvalue weighted by molar-refractivity contribution is 7.89. The molecule has 106 valence electrons. The molecule has 0 bridgehead atoms. The Bertz CT molecular complexity index is 512. The number of benzene rings is 1. The standard InChI is InChI=1S/C13H20N2O3S/c1-4-19(17,18)15-12(13(16)14-10(2)3)11-8-6-5-7-9-11/h5-10,12,15H,4H2,1-3H3,(H,14,16)/t12-/m0/s1. The van der Waals surface area contributed by atoms with Gasteiger partial charge in [0.15, 0.2) is 0 Å². The fourth-order valence-electron chi connectivity index (χ4n) is 1.55. The van der Waals surface area contributed by atoms with Crippen molar-refractivity contribution >= 4 is 15.9 Å². The molecule has 0 spiro atoms. The van der Waals surface area contributed by atoms with Crippen molar-refractivity contribution in [1.82, 2.24) is 10.0 Å². The highest BCUT2D eigenvalue weighted by Gasteiger charge is 2.25. The van der Waals surface area contributed by atoms with E-state index in [1.807, 2.05) is 19.9 Å². The van der Waals surface area contributed by atoms with Gasteiger partial charge in [-0.25, -0.2) is 8.42 Å². The van der Waals surface area contributed by atoms with Crippen LogP contribution in [0.1, 0.15) is 32.4 Å². The van der Waals surface area contributed by atoms with Gasteiger partial charge in [0.05, 0.1) is 5.75 Å². The summed E-state index contributed by atoms with van der Waals surface area (Å²) >= 11 is 0. The van der Waals surface area contributed by atoms with Crippen molar-refractivity contribution in [2.24, 2.45) is 0 Å². The zero-order chi connectivity index (χ0) is 14.5. The summed E-state index contributed by atoms with van der Waals surface area (Å²) < 4.78 is 25.8. The molecule has 1 aromatic carbocycles. The molecule has 0 saturated heterocycles. The summed E-state index contributed by atoms with van der Waals surface area (Å²) in [4.78, 5) is 12.1. The van der Waals surface area contributed by atoms with E-state index in [4.69, 9.17) is 0 Å². The van der Waals surface area contributed by atoms with Gasteiger partial charge in [-0.1, -0.05) is 30.3 Å². The van der Waals surface area contributed by atoms with Gasteiger partial charge >= 0.3 is 0 Å². The van der Waals surface area contributed by atoms with Gasteiger partial charge in [0.2, 0.25) is 15.9 Å². The number of sulfonamides is 1. The van der Waals surface area contributed by atoms with E-state index < -0.39 is 16.1 Å². The first-order chi connectivity index (χ1) is 8.85. The number of hydrogen-bond acceptors (Lipinski definition) is 3. The Hall–Kier alpha value is -1.40. The lowest BCUT2D eigenvalue weighted by atomic mass is 10.1. The molecule has 2 N–H and O–H groups in total. The third-order valence-electron chi connectivity index (χ3n) is 2.50. The average Bonchev–Trinajstić information content (AvgIpc) is 2.36. The fourth-order valence-corrected chi connectivity index (χ4v) is 2.32. The molecular formula is C13H20N2O3S. The van der Waals surface area contributed by atoms with Crippen LogP contribution in [0, 0.1) is 0 Å². The van der Waals surface area contributed by atoms with Crippen LogP contribution < -0.4 is 10.0 Å². The quantitative estimate of drug-likeness (QED) is 0.824. The number of rotatable bonds is 6. The zero-order valence-electron chi connectivity index (χ0n) is 11.4. The molecule has 5 nitrogen and oxygen atoms in total. The summed E-state index contributed by atoms with van der Waals surface area (Å²) in [6.07, 6.45) is 0. The second-order valence-electron chi connectivity index (χ2n) is 4.53. The molecule has 0 fully saturated rings. The van der Waals surface area contributed by atoms with E-state index in [0.717, 1.165) is 0 Å². The monoisotopic (exact) mass is 284 g/mol. The van der Waals surface area contributed by atoms with E-state index in [-0.39, 0.29) is 17.7 Å². The summed E-state index contributed by atoms with van der Waals surface area (Å²) in [7, 11) is -3.46. The van der Waals surface area contributed by atoms with Crippen molar-refractivity contribution in [2.75, 3.05) is 5.75 Å². The van der Waals surface area contributed by atoms with Gasteiger partial charge in [-0.15, -0.1) is 0 Å². The Morgan fingerprint density at radius 1 is 1.21 bits per heavy atom. The minimum atomic E-state index is -3.46. The van der Waals surface area contributed by atoms with Crippen LogP contribution in [0.4, 0.5) is 0 Å². The highest BCUT2D eigenvalue weighted by Crippen LogP contribution is 2.14. The molecule has 0 aliphatic heterocycles. The highest BCUT2D eigenvalue weighted by atomic mass is 32.2. The summed E-state index contributed by atoms with van der Waals surface area (Å²) in [5.74, 6) is -0.413. The molecule has 0 radical (unpaired) electrons. The molecule has 1 rings (SSSR count). The van der Waals surface area contributed by atoms with E-state index in [9.17, 15) is 13.2 Å². The second-order valence-corrected chi connectivity index (χ2v) is 6.57. The van der Waals surface area contributed by atoms with Crippen LogP contribution in [0.5, 0.6) is 0 Å². The largest absolute Gasteiger partial charge is 0.352 e. The van der Waals surface area contributed by atoms with Gasteiger partial charge in [0.1, 0.15) is 6.04 Å². The smallest absolute Gasteiger partial charge is 0.242 e.